The molecule has 1 aromatic heterocycles. The number of amides is 2. The highest BCUT2D eigenvalue weighted by atomic mass is 16.5. The van der Waals surface area contributed by atoms with E-state index in [2.05, 4.69) is 10.6 Å². The summed E-state index contributed by atoms with van der Waals surface area (Å²) >= 11 is 0. The Morgan fingerprint density at radius 2 is 1.71 bits per heavy atom. The number of hydrogen-bond acceptors (Lipinski definition) is 5. The Kier molecular flexibility index (Phi) is 6.45. The van der Waals surface area contributed by atoms with Gasteiger partial charge in [-0.3, -0.25) is 9.59 Å². The van der Waals surface area contributed by atoms with Crippen molar-refractivity contribution in [3.05, 3.63) is 88.8 Å². The lowest BCUT2D eigenvalue weighted by Gasteiger charge is -2.14. The van der Waals surface area contributed by atoms with Crippen LogP contribution in [0.25, 0.3) is 22.1 Å². The number of fused-ring (bicyclic) bond motifs is 1. The number of anilines is 2. The highest BCUT2D eigenvalue weighted by Gasteiger charge is 2.14. The molecular weight excluding hydrogens is 432 g/mol. The number of hydrogen-bond donors (Lipinski definition) is 2. The van der Waals surface area contributed by atoms with Crippen molar-refractivity contribution in [3.8, 4) is 16.9 Å². The van der Waals surface area contributed by atoms with Gasteiger partial charge in [0, 0.05) is 28.6 Å². The number of benzene rings is 3. The molecule has 0 saturated carbocycles. The van der Waals surface area contributed by atoms with E-state index in [-0.39, 0.29) is 17.7 Å². The molecule has 0 saturated heterocycles. The molecule has 2 N–H and O–H groups in total. The van der Waals surface area contributed by atoms with Gasteiger partial charge in [0.15, 0.2) is 0 Å². The van der Waals surface area contributed by atoms with Gasteiger partial charge in [0.05, 0.1) is 18.4 Å². The van der Waals surface area contributed by atoms with Gasteiger partial charge in [-0.25, -0.2) is 4.79 Å². The zero-order chi connectivity index (χ0) is 24.2. The molecule has 2 amide bonds. The molecule has 34 heavy (non-hydrogen) atoms. The number of rotatable bonds is 6. The first-order valence-corrected chi connectivity index (χ1v) is 10.8. The van der Waals surface area contributed by atoms with Crippen LogP contribution in [-0.2, 0) is 4.79 Å². The highest BCUT2D eigenvalue weighted by molar-refractivity contribution is 6.05. The summed E-state index contributed by atoms with van der Waals surface area (Å²) in [5.74, 6) is -0.242. The van der Waals surface area contributed by atoms with E-state index < -0.39 is 5.63 Å². The van der Waals surface area contributed by atoms with Crippen LogP contribution in [0.2, 0.25) is 0 Å². The molecule has 1 heterocycles. The van der Waals surface area contributed by atoms with Gasteiger partial charge in [0.2, 0.25) is 5.91 Å². The topological polar surface area (TPSA) is 97.6 Å². The Labute approximate surface area is 196 Å². The monoisotopic (exact) mass is 456 g/mol. The molecular formula is C27H24N2O5. The molecule has 3 aromatic carbocycles. The van der Waals surface area contributed by atoms with E-state index in [1.165, 1.54) is 7.11 Å². The molecule has 0 radical (unpaired) electrons. The molecule has 0 fully saturated rings. The molecule has 7 nitrogen and oxygen atoms in total. The van der Waals surface area contributed by atoms with E-state index in [1.54, 1.807) is 74.5 Å². The van der Waals surface area contributed by atoms with Crippen molar-refractivity contribution in [3.63, 3.8) is 0 Å². The standard InChI is InChI=1S/C27H24N2O5/c1-16(2)25(30)29-22-12-11-20(15-24(22)33-3)28-26(31)19-9-6-8-17(13-19)21-14-18-7-4-5-10-23(18)34-27(21)32/h4-16H,1-3H3,(H,28,31)(H,29,30). The normalized spacial score (nSPS) is 10.8. The average molecular weight is 456 g/mol. The van der Waals surface area contributed by atoms with Gasteiger partial charge in [-0.15, -0.1) is 0 Å². The minimum Gasteiger partial charge on any atom is -0.494 e. The fourth-order valence-corrected chi connectivity index (χ4v) is 3.44. The van der Waals surface area contributed by atoms with E-state index in [9.17, 15) is 14.4 Å². The average Bonchev–Trinajstić information content (AvgIpc) is 2.84. The third kappa shape index (κ3) is 4.83. The zero-order valence-electron chi connectivity index (χ0n) is 19.0. The smallest absolute Gasteiger partial charge is 0.344 e. The minimum absolute atomic E-state index is 0.134. The molecule has 7 heteroatoms. The van der Waals surface area contributed by atoms with Crippen LogP contribution < -0.4 is 21.0 Å². The van der Waals surface area contributed by atoms with Crippen molar-refractivity contribution in [2.45, 2.75) is 13.8 Å². The predicted octanol–water partition coefficient (Wildman–Crippen LogP) is 5.32. The van der Waals surface area contributed by atoms with Gasteiger partial charge in [-0.1, -0.05) is 44.2 Å². The summed E-state index contributed by atoms with van der Waals surface area (Å²) in [5.41, 5.74) is 2.38. The van der Waals surface area contributed by atoms with Gasteiger partial charge >= 0.3 is 5.63 Å². The van der Waals surface area contributed by atoms with E-state index in [0.29, 0.717) is 39.4 Å². The second-order valence-electron chi connectivity index (χ2n) is 8.08. The molecule has 0 bridgehead atoms. The van der Waals surface area contributed by atoms with Gasteiger partial charge in [-0.2, -0.15) is 0 Å². The van der Waals surface area contributed by atoms with Crippen LogP contribution in [0.1, 0.15) is 24.2 Å². The van der Waals surface area contributed by atoms with Crippen molar-refractivity contribution in [2.75, 3.05) is 17.7 Å². The van der Waals surface area contributed by atoms with Crippen LogP contribution in [0.4, 0.5) is 11.4 Å². The van der Waals surface area contributed by atoms with Crippen LogP contribution >= 0.6 is 0 Å². The van der Waals surface area contributed by atoms with Crippen molar-refractivity contribution >= 4 is 34.2 Å². The Hall–Kier alpha value is -4.39. The third-order valence-corrected chi connectivity index (χ3v) is 5.32. The SMILES string of the molecule is COc1cc(NC(=O)c2cccc(-c3cc4ccccc4oc3=O)c2)ccc1NC(=O)C(C)C. The lowest BCUT2D eigenvalue weighted by molar-refractivity contribution is -0.118. The second kappa shape index (κ2) is 9.62. The van der Waals surface area contributed by atoms with Crippen LogP contribution in [0.5, 0.6) is 5.75 Å². The fourth-order valence-electron chi connectivity index (χ4n) is 3.44. The highest BCUT2D eigenvalue weighted by Crippen LogP contribution is 2.29. The first-order valence-electron chi connectivity index (χ1n) is 10.8. The quantitative estimate of drug-likeness (QED) is 0.383. The maximum absolute atomic E-state index is 12.9. The zero-order valence-corrected chi connectivity index (χ0v) is 19.0. The second-order valence-corrected chi connectivity index (χ2v) is 8.08. The summed E-state index contributed by atoms with van der Waals surface area (Å²) in [4.78, 5) is 37.4. The van der Waals surface area contributed by atoms with Gasteiger partial charge in [0.1, 0.15) is 11.3 Å². The van der Waals surface area contributed by atoms with Gasteiger partial charge in [0.25, 0.3) is 5.91 Å². The number of carbonyl (C=O) groups excluding carboxylic acids is 2. The predicted molar refractivity (Wildman–Crippen MR) is 132 cm³/mol. The number of carbonyl (C=O) groups is 2. The van der Waals surface area contributed by atoms with Crippen LogP contribution in [-0.4, -0.2) is 18.9 Å². The Bertz CT molecular complexity index is 1440. The summed E-state index contributed by atoms with van der Waals surface area (Å²) in [6, 6.07) is 20.8. The molecule has 0 unspecified atom stereocenters. The largest absolute Gasteiger partial charge is 0.494 e. The number of methoxy groups -OCH3 is 1. The van der Waals surface area contributed by atoms with Crippen LogP contribution in [0.15, 0.2) is 82.0 Å². The Balaban J connectivity index is 1.58. The lowest BCUT2D eigenvalue weighted by Crippen LogP contribution is -2.18. The van der Waals surface area contributed by atoms with E-state index in [1.807, 2.05) is 12.1 Å². The summed E-state index contributed by atoms with van der Waals surface area (Å²) in [7, 11) is 1.49. The summed E-state index contributed by atoms with van der Waals surface area (Å²) in [6.45, 7) is 3.60. The van der Waals surface area contributed by atoms with Gasteiger partial charge < -0.3 is 19.8 Å². The van der Waals surface area contributed by atoms with E-state index in [0.717, 1.165) is 5.39 Å². The maximum Gasteiger partial charge on any atom is 0.344 e. The number of nitrogens with one attached hydrogen (secondary N) is 2. The Morgan fingerprint density at radius 1 is 0.912 bits per heavy atom. The molecule has 4 rings (SSSR count). The molecule has 0 aliphatic rings. The van der Waals surface area contributed by atoms with Crippen molar-refractivity contribution in [1.29, 1.82) is 0 Å². The van der Waals surface area contributed by atoms with Crippen molar-refractivity contribution < 1.29 is 18.7 Å². The number of ether oxygens (including phenoxy) is 1. The first-order chi connectivity index (χ1) is 16.4. The summed E-state index contributed by atoms with van der Waals surface area (Å²) < 4.78 is 10.8. The first kappa shape index (κ1) is 22.8. The summed E-state index contributed by atoms with van der Waals surface area (Å²) in [5, 5.41) is 6.42. The Morgan fingerprint density at radius 3 is 2.47 bits per heavy atom. The van der Waals surface area contributed by atoms with E-state index in [4.69, 9.17) is 9.15 Å². The van der Waals surface area contributed by atoms with Gasteiger partial charge in [-0.05, 0) is 42.0 Å². The third-order valence-electron chi connectivity index (χ3n) is 5.32. The molecule has 0 spiro atoms. The fraction of sp³-hybridized carbons (Fsp3) is 0.148. The van der Waals surface area contributed by atoms with Crippen molar-refractivity contribution in [2.24, 2.45) is 5.92 Å². The molecule has 0 atom stereocenters. The van der Waals surface area contributed by atoms with Crippen LogP contribution in [0.3, 0.4) is 0 Å². The maximum atomic E-state index is 12.9. The lowest BCUT2D eigenvalue weighted by atomic mass is 10.0. The number of para-hydroxylation sites is 1. The van der Waals surface area contributed by atoms with Crippen LogP contribution in [0, 0.1) is 5.92 Å². The minimum atomic E-state index is -0.472. The van der Waals surface area contributed by atoms with Crippen molar-refractivity contribution in [1.82, 2.24) is 0 Å². The molecule has 0 aliphatic heterocycles. The summed E-state index contributed by atoms with van der Waals surface area (Å²) in [6.07, 6.45) is 0. The molecule has 4 aromatic rings. The molecule has 172 valence electrons. The molecule has 0 aliphatic carbocycles. The van der Waals surface area contributed by atoms with E-state index >= 15 is 0 Å².